The van der Waals surface area contributed by atoms with Crippen LogP contribution in [0.1, 0.15) is 35.5 Å². The van der Waals surface area contributed by atoms with Crippen molar-refractivity contribution < 1.29 is 12.8 Å². The Hall–Kier alpha value is -2.62. The van der Waals surface area contributed by atoms with Gasteiger partial charge >= 0.3 is 0 Å². The molecule has 0 saturated carbocycles. The van der Waals surface area contributed by atoms with Crippen LogP contribution in [0.3, 0.4) is 0 Å². The molecule has 3 heterocycles. The van der Waals surface area contributed by atoms with Crippen molar-refractivity contribution in [2.75, 3.05) is 37.3 Å². The summed E-state index contributed by atoms with van der Waals surface area (Å²) in [5.41, 5.74) is 4.74. The molecule has 0 amide bonds. The quantitative estimate of drug-likeness (QED) is 0.489. The maximum absolute atomic E-state index is 13.3. The summed E-state index contributed by atoms with van der Waals surface area (Å²) in [7, 11) is -3.19. The molecule has 0 bridgehead atoms. The van der Waals surface area contributed by atoms with Crippen molar-refractivity contribution in [3.8, 4) is 0 Å². The summed E-state index contributed by atoms with van der Waals surface area (Å²) in [5, 5.41) is 0. The molecule has 3 aromatic rings. The first-order chi connectivity index (χ1) is 15.8. The predicted molar refractivity (Wildman–Crippen MR) is 133 cm³/mol. The third kappa shape index (κ3) is 6.71. The first-order valence-corrected chi connectivity index (χ1v) is 12.8. The summed E-state index contributed by atoms with van der Waals surface area (Å²) in [6.45, 7) is 4.27. The van der Waals surface area contributed by atoms with Gasteiger partial charge in [0.2, 0.25) is 10.0 Å². The fraction of sp³-hybridized carbons (Fsp3) is 0.375. The van der Waals surface area contributed by atoms with E-state index in [2.05, 4.69) is 33.9 Å². The van der Waals surface area contributed by atoms with Gasteiger partial charge in [-0.1, -0.05) is 19.1 Å². The highest BCUT2D eigenvalue weighted by Crippen LogP contribution is 2.25. The van der Waals surface area contributed by atoms with Crippen molar-refractivity contribution >= 4 is 28.1 Å². The van der Waals surface area contributed by atoms with Crippen LogP contribution in [-0.4, -0.2) is 60.1 Å². The van der Waals surface area contributed by atoms with Crippen molar-refractivity contribution in [1.29, 1.82) is 0 Å². The number of hydrogen-bond donors (Lipinski definition) is 0. The number of nitrogens with zero attached hydrogens (tertiary/aromatic N) is 5. The molecule has 1 aliphatic heterocycles. The van der Waals surface area contributed by atoms with Crippen molar-refractivity contribution in [2.45, 2.75) is 25.7 Å². The van der Waals surface area contributed by atoms with E-state index in [1.54, 1.807) is 18.6 Å². The van der Waals surface area contributed by atoms with Crippen LogP contribution in [0, 0.1) is 5.82 Å². The molecule has 0 radical (unpaired) electrons. The van der Waals surface area contributed by atoms with Crippen LogP contribution >= 0.6 is 12.4 Å². The van der Waals surface area contributed by atoms with Crippen LogP contribution in [0.25, 0.3) is 0 Å². The van der Waals surface area contributed by atoms with Gasteiger partial charge in [0.25, 0.3) is 0 Å². The number of halogens is 2. The van der Waals surface area contributed by atoms with Crippen LogP contribution < -0.4 is 4.90 Å². The van der Waals surface area contributed by atoms with E-state index in [0.29, 0.717) is 39.0 Å². The van der Waals surface area contributed by atoms with Crippen molar-refractivity contribution in [2.24, 2.45) is 0 Å². The van der Waals surface area contributed by atoms with Gasteiger partial charge in [-0.2, -0.15) is 4.31 Å². The summed E-state index contributed by atoms with van der Waals surface area (Å²) in [6, 6.07) is 10.7. The second kappa shape index (κ2) is 11.2. The molecule has 1 fully saturated rings. The summed E-state index contributed by atoms with van der Waals surface area (Å²) in [4.78, 5) is 15.6. The molecule has 10 heteroatoms. The molecule has 1 aliphatic rings. The van der Waals surface area contributed by atoms with Gasteiger partial charge in [-0.25, -0.2) is 12.8 Å². The lowest BCUT2D eigenvalue weighted by Crippen LogP contribution is -2.48. The first kappa shape index (κ1) is 26.0. The third-order valence-electron chi connectivity index (χ3n) is 5.92. The average molecular weight is 506 g/mol. The second-order valence-corrected chi connectivity index (χ2v) is 10.5. The number of aromatic nitrogens is 3. The molecule has 4 rings (SSSR count). The van der Waals surface area contributed by atoms with Gasteiger partial charge in [-0.15, -0.1) is 12.4 Å². The third-order valence-corrected chi connectivity index (χ3v) is 7.23. The average Bonchev–Trinajstić information content (AvgIpc) is 2.79. The summed E-state index contributed by atoms with van der Waals surface area (Å²) >= 11 is 0. The molecule has 0 N–H and O–H groups in total. The summed E-state index contributed by atoms with van der Waals surface area (Å²) in [5.74, 6) is -0.0784. The van der Waals surface area contributed by atoms with Gasteiger partial charge in [0.05, 0.1) is 11.9 Å². The topological polar surface area (TPSA) is 79.3 Å². The Morgan fingerprint density at radius 2 is 1.68 bits per heavy atom. The van der Waals surface area contributed by atoms with Gasteiger partial charge < -0.3 is 4.90 Å². The summed E-state index contributed by atoms with van der Waals surface area (Å²) < 4.78 is 38.6. The zero-order valence-corrected chi connectivity index (χ0v) is 20.9. The van der Waals surface area contributed by atoms with E-state index in [4.69, 9.17) is 4.98 Å². The van der Waals surface area contributed by atoms with Crippen LogP contribution in [0.4, 0.5) is 10.1 Å². The lowest BCUT2D eigenvalue weighted by atomic mass is 9.95. The number of hydrogen-bond acceptors (Lipinski definition) is 6. The van der Waals surface area contributed by atoms with Gasteiger partial charge in [0.15, 0.2) is 0 Å². The smallest absolute Gasteiger partial charge is 0.211 e. The number of benzene rings is 1. The Kier molecular flexibility index (Phi) is 8.57. The van der Waals surface area contributed by atoms with Crippen molar-refractivity contribution in [3.63, 3.8) is 0 Å². The van der Waals surface area contributed by atoms with E-state index in [1.165, 1.54) is 22.7 Å². The van der Waals surface area contributed by atoms with Gasteiger partial charge in [0.1, 0.15) is 5.82 Å². The molecule has 34 heavy (non-hydrogen) atoms. The van der Waals surface area contributed by atoms with Crippen LogP contribution in [0.5, 0.6) is 0 Å². The summed E-state index contributed by atoms with van der Waals surface area (Å²) in [6.07, 6.45) is 7.56. The van der Waals surface area contributed by atoms with E-state index in [9.17, 15) is 12.8 Å². The normalized spacial score (nSPS) is 15.6. The molecular formula is C24H29ClFN5O2S. The standard InChI is InChI=1S/C24H28FN5O2S.ClH/c1-18(19-3-5-20(25)6-4-19)13-21-15-24(29-9-11-30(12-10-29)33(2,31)32)16-22(28-21)14-23-17-26-7-8-27-23;/h3-8,15-18H,9-14H2,1-2H3;1H/t18-;/m1./s1. The molecule has 0 unspecified atom stereocenters. The Morgan fingerprint density at radius 3 is 2.29 bits per heavy atom. The van der Waals surface area contributed by atoms with Crippen molar-refractivity contribution in [3.05, 3.63) is 83.5 Å². The Bertz CT molecular complexity index is 1190. The predicted octanol–water partition coefficient (Wildman–Crippen LogP) is 3.45. The zero-order chi connectivity index (χ0) is 23.4. The fourth-order valence-electron chi connectivity index (χ4n) is 4.12. The number of anilines is 1. The minimum Gasteiger partial charge on any atom is -0.369 e. The highest BCUT2D eigenvalue weighted by molar-refractivity contribution is 7.88. The molecule has 182 valence electrons. The van der Waals surface area contributed by atoms with Gasteiger partial charge in [-0.05, 0) is 42.2 Å². The maximum Gasteiger partial charge on any atom is 0.211 e. The van der Waals surface area contributed by atoms with Gasteiger partial charge in [-0.3, -0.25) is 15.0 Å². The molecule has 7 nitrogen and oxygen atoms in total. The molecule has 1 saturated heterocycles. The Morgan fingerprint density at radius 1 is 1.00 bits per heavy atom. The Balaban J connectivity index is 0.00000324. The molecule has 2 aromatic heterocycles. The molecule has 1 aromatic carbocycles. The lowest BCUT2D eigenvalue weighted by Gasteiger charge is -2.35. The second-order valence-electron chi connectivity index (χ2n) is 8.49. The molecule has 0 aliphatic carbocycles. The minimum absolute atomic E-state index is 0. The van der Waals surface area contributed by atoms with Gasteiger partial charge in [0, 0.05) is 68.3 Å². The van der Waals surface area contributed by atoms with E-state index in [-0.39, 0.29) is 24.1 Å². The largest absolute Gasteiger partial charge is 0.369 e. The maximum atomic E-state index is 13.3. The van der Waals surface area contributed by atoms with Crippen molar-refractivity contribution in [1.82, 2.24) is 19.3 Å². The number of pyridine rings is 1. The Labute approximate surface area is 206 Å². The van der Waals surface area contributed by atoms with Crippen LogP contribution in [0.15, 0.2) is 55.0 Å². The monoisotopic (exact) mass is 505 g/mol. The van der Waals surface area contributed by atoms with E-state index in [0.717, 1.165) is 28.3 Å². The fourth-order valence-corrected chi connectivity index (χ4v) is 4.94. The van der Waals surface area contributed by atoms with E-state index >= 15 is 0 Å². The number of piperazine rings is 1. The molecule has 0 spiro atoms. The number of rotatable bonds is 7. The first-order valence-electron chi connectivity index (χ1n) is 11.0. The van der Waals surface area contributed by atoms with E-state index in [1.807, 2.05) is 12.1 Å². The zero-order valence-electron chi connectivity index (χ0n) is 19.3. The van der Waals surface area contributed by atoms with Crippen LogP contribution in [-0.2, 0) is 22.9 Å². The van der Waals surface area contributed by atoms with Crippen LogP contribution in [0.2, 0.25) is 0 Å². The van der Waals surface area contributed by atoms with E-state index < -0.39 is 10.0 Å². The molecular weight excluding hydrogens is 477 g/mol. The lowest BCUT2D eigenvalue weighted by molar-refractivity contribution is 0.388. The highest BCUT2D eigenvalue weighted by Gasteiger charge is 2.24. The number of sulfonamides is 1. The minimum atomic E-state index is -3.19. The molecule has 1 atom stereocenters. The SMILES string of the molecule is C[C@H](Cc1cc(N2CCN(S(C)(=O)=O)CC2)cc(Cc2cnccn2)n1)c1ccc(F)cc1.Cl. The highest BCUT2D eigenvalue weighted by atomic mass is 35.5.